The average molecular weight is 305 g/mol. The molecule has 0 saturated carbocycles. The van der Waals surface area contributed by atoms with Gasteiger partial charge in [-0.05, 0) is 5.92 Å². The van der Waals surface area contributed by atoms with Gasteiger partial charge >= 0.3 is 0 Å². The Bertz CT molecular complexity index is 651. The zero-order chi connectivity index (χ0) is 15.6. The molecule has 1 amide bonds. The minimum atomic E-state index is -0.360. The average Bonchev–Trinajstić information content (AvgIpc) is 2.87. The summed E-state index contributed by atoms with van der Waals surface area (Å²) >= 11 is 1.39. The van der Waals surface area contributed by atoms with Gasteiger partial charge in [0.15, 0.2) is 10.8 Å². The summed E-state index contributed by atoms with van der Waals surface area (Å²) in [6, 6.07) is 0. The summed E-state index contributed by atoms with van der Waals surface area (Å²) in [6.45, 7) is 8.03. The zero-order valence-corrected chi connectivity index (χ0v) is 13.4. The molecule has 0 atom stereocenters. The van der Waals surface area contributed by atoms with Gasteiger partial charge in [0.05, 0.1) is 17.6 Å². The maximum absolute atomic E-state index is 12.3. The topological polar surface area (TPSA) is 93.8 Å². The lowest BCUT2D eigenvalue weighted by atomic mass is 10.2. The number of thiazole rings is 1. The fourth-order valence-corrected chi connectivity index (χ4v) is 2.50. The van der Waals surface area contributed by atoms with E-state index in [0.717, 1.165) is 5.69 Å². The van der Waals surface area contributed by atoms with Crippen LogP contribution in [-0.4, -0.2) is 20.9 Å². The molecule has 7 heteroatoms. The molecule has 2 aromatic heterocycles. The van der Waals surface area contributed by atoms with Gasteiger partial charge in [0.25, 0.3) is 5.91 Å². The van der Waals surface area contributed by atoms with Gasteiger partial charge in [-0.1, -0.05) is 27.7 Å². The van der Waals surface area contributed by atoms with Crippen molar-refractivity contribution in [3.63, 3.8) is 0 Å². The number of rotatable bonds is 4. The second-order valence-electron chi connectivity index (χ2n) is 5.37. The molecule has 2 rings (SSSR count). The third-order valence-corrected chi connectivity index (χ3v) is 3.68. The van der Waals surface area contributed by atoms with E-state index >= 15 is 0 Å². The predicted octanol–water partition coefficient (Wildman–Crippen LogP) is 3.01. The molecule has 0 spiro atoms. The van der Waals surface area contributed by atoms with Crippen LogP contribution in [-0.2, 0) is 0 Å². The quantitative estimate of drug-likeness (QED) is 0.905. The summed E-state index contributed by atoms with van der Waals surface area (Å²) in [5.74, 6) is 0.686. The first kappa shape index (κ1) is 15.4. The van der Waals surface area contributed by atoms with Crippen molar-refractivity contribution in [2.45, 2.75) is 39.5 Å². The number of nitrogens with zero attached hydrogens (tertiary/aromatic N) is 3. The Hall–Kier alpha value is -2.02. The number of nitrogens with one attached hydrogen (secondary N) is 1. The Morgan fingerprint density at radius 2 is 1.95 bits per heavy atom. The van der Waals surface area contributed by atoms with Crippen molar-refractivity contribution in [1.82, 2.24) is 15.0 Å². The third kappa shape index (κ3) is 3.55. The van der Waals surface area contributed by atoms with Gasteiger partial charge in [0.1, 0.15) is 5.82 Å². The molecule has 21 heavy (non-hydrogen) atoms. The van der Waals surface area contributed by atoms with Crippen LogP contribution in [0.2, 0.25) is 0 Å². The molecule has 2 heterocycles. The van der Waals surface area contributed by atoms with Gasteiger partial charge in [0.2, 0.25) is 0 Å². The molecule has 0 bridgehead atoms. The molecule has 0 aliphatic rings. The van der Waals surface area contributed by atoms with Crippen molar-refractivity contribution in [2.24, 2.45) is 0 Å². The van der Waals surface area contributed by atoms with Crippen LogP contribution in [0.25, 0.3) is 0 Å². The van der Waals surface area contributed by atoms with Crippen LogP contribution in [0, 0.1) is 0 Å². The number of hydrogen-bond donors (Lipinski definition) is 2. The largest absolute Gasteiger partial charge is 0.396 e. The lowest BCUT2D eigenvalue weighted by Crippen LogP contribution is -2.18. The molecule has 112 valence electrons. The number of amides is 1. The SMILES string of the molecule is CC(C)c1csc(NC(=O)c2nc(C(C)C)ncc2N)n1. The van der Waals surface area contributed by atoms with E-state index in [1.807, 2.05) is 19.2 Å². The lowest BCUT2D eigenvalue weighted by Gasteiger charge is -2.08. The first-order valence-corrected chi connectivity index (χ1v) is 7.65. The maximum Gasteiger partial charge on any atom is 0.278 e. The van der Waals surface area contributed by atoms with Gasteiger partial charge in [-0.25, -0.2) is 15.0 Å². The van der Waals surface area contributed by atoms with Crippen LogP contribution < -0.4 is 11.1 Å². The van der Waals surface area contributed by atoms with E-state index in [4.69, 9.17) is 5.73 Å². The number of aromatic nitrogens is 3. The van der Waals surface area contributed by atoms with Crippen LogP contribution in [0.3, 0.4) is 0 Å². The fourth-order valence-electron chi connectivity index (χ4n) is 1.63. The number of carbonyl (C=O) groups excluding carboxylic acids is 1. The van der Waals surface area contributed by atoms with Gasteiger partial charge < -0.3 is 5.73 Å². The monoisotopic (exact) mass is 305 g/mol. The highest BCUT2D eigenvalue weighted by Gasteiger charge is 2.16. The summed E-state index contributed by atoms with van der Waals surface area (Å²) in [4.78, 5) is 25.0. The Kier molecular flexibility index (Phi) is 4.52. The Labute approximate surface area is 127 Å². The van der Waals surface area contributed by atoms with Crippen molar-refractivity contribution < 1.29 is 4.79 Å². The number of anilines is 2. The molecule has 2 aromatic rings. The summed E-state index contributed by atoms with van der Waals surface area (Å²) in [5, 5.41) is 5.22. The van der Waals surface area contributed by atoms with E-state index in [0.29, 0.717) is 16.9 Å². The highest BCUT2D eigenvalue weighted by atomic mass is 32.1. The van der Waals surface area contributed by atoms with E-state index in [1.165, 1.54) is 17.5 Å². The lowest BCUT2D eigenvalue weighted by molar-refractivity contribution is 0.102. The van der Waals surface area contributed by atoms with Crippen LogP contribution in [0.4, 0.5) is 10.8 Å². The molecule has 0 fully saturated rings. The summed E-state index contributed by atoms with van der Waals surface area (Å²) in [7, 11) is 0. The third-order valence-electron chi connectivity index (χ3n) is 2.90. The van der Waals surface area contributed by atoms with Gasteiger partial charge in [-0.2, -0.15) is 0 Å². The Morgan fingerprint density at radius 1 is 1.24 bits per heavy atom. The Morgan fingerprint density at radius 3 is 2.52 bits per heavy atom. The molecule has 0 aromatic carbocycles. The van der Waals surface area contributed by atoms with Gasteiger partial charge in [-0.15, -0.1) is 11.3 Å². The molecular formula is C14H19N5OS. The second-order valence-corrected chi connectivity index (χ2v) is 6.23. The molecule has 0 unspecified atom stereocenters. The molecule has 0 aliphatic heterocycles. The first-order chi connectivity index (χ1) is 9.88. The van der Waals surface area contributed by atoms with Crippen molar-refractivity contribution >= 4 is 28.1 Å². The van der Waals surface area contributed by atoms with Gasteiger partial charge in [-0.3, -0.25) is 10.1 Å². The highest BCUT2D eigenvalue weighted by molar-refractivity contribution is 7.14. The summed E-state index contributed by atoms with van der Waals surface area (Å²) < 4.78 is 0. The summed E-state index contributed by atoms with van der Waals surface area (Å²) in [6.07, 6.45) is 1.47. The molecule has 3 N–H and O–H groups in total. The van der Waals surface area contributed by atoms with E-state index < -0.39 is 0 Å². The van der Waals surface area contributed by atoms with Crippen molar-refractivity contribution in [1.29, 1.82) is 0 Å². The molecule has 0 saturated heterocycles. The van der Waals surface area contributed by atoms with E-state index in [1.54, 1.807) is 0 Å². The van der Waals surface area contributed by atoms with Crippen LogP contribution in [0.5, 0.6) is 0 Å². The van der Waals surface area contributed by atoms with Crippen LogP contribution in [0.15, 0.2) is 11.6 Å². The van der Waals surface area contributed by atoms with E-state index in [-0.39, 0.29) is 23.2 Å². The Balaban J connectivity index is 2.21. The minimum absolute atomic E-state index is 0.129. The number of nitrogen functional groups attached to an aromatic ring is 1. The normalized spacial score (nSPS) is 11.1. The van der Waals surface area contributed by atoms with Gasteiger partial charge in [0, 0.05) is 11.3 Å². The second kappa shape index (κ2) is 6.17. The van der Waals surface area contributed by atoms with Crippen molar-refractivity contribution in [3.8, 4) is 0 Å². The fraction of sp³-hybridized carbons (Fsp3) is 0.429. The highest BCUT2D eigenvalue weighted by Crippen LogP contribution is 2.22. The summed E-state index contributed by atoms with van der Waals surface area (Å²) in [5.41, 5.74) is 7.20. The molecular weight excluding hydrogens is 286 g/mol. The number of nitrogens with two attached hydrogens (primary N) is 1. The molecule has 6 nitrogen and oxygen atoms in total. The minimum Gasteiger partial charge on any atom is -0.396 e. The van der Waals surface area contributed by atoms with Crippen molar-refractivity contribution in [2.75, 3.05) is 11.1 Å². The first-order valence-electron chi connectivity index (χ1n) is 6.77. The standard InChI is InChI=1S/C14H19N5OS/c1-7(2)10-6-21-14(17-10)19-13(20)11-9(15)5-16-12(18-11)8(3)4/h5-8H,15H2,1-4H3,(H,17,19,20). The molecule has 0 aliphatic carbocycles. The zero-order valence-electron chi connectivity index (χ0n) is 12.5. The number of hydrogen-bond acceptors (Lipinski definition) is 6. The van der Waals surface area contributed by atoms with Crippen molar-refractivity contribution in [3.05, 3.63) is 28.8 Å². The van der Waals surface area contributed by atoms with E-state index in [2.05, 4.69) is 34.1 Å². The number of carbonyl (C=O) groups is 1. The van der Waals surface area contributed by atoms with E-state index in [9.17, 15) is 4.79 Å². The predicted molar refractivity (Wildman–Crippen MR) is 84.7 cm³/mol. The van der Waals surface area contributed by atoms with Crippen LogP contribution in [0.1, 0.15) is 61.5 Å². The maximum atomic E-state index is 12.3. The van der Waals surface area contributed by atoms with Crippen LogP contribution >= 0.6 is 11.3 Å². The molecule has 0 radical (unpaired) electrons. The smallest absolute Gasteiger partial charge is 0.278 e.